The molecule has 0 aromatic carbocycles. The van der Waals surface area contributed by atoms with Crippen LogP contribution in [0, 0.1) is 13.8 Å². The summed E-state index contributed by atoms with van der Waals surface area (Å²) in [5, 5.41) is 7.64. The molecule has 1 N–H and O–H groups in total. The van der Waals surface area contributed by atoms with Crippen LogP contribution in [-0.4, -0.2) is 4.98 Å². The highest BCUT2D eigenvalue weighted by Crippen LogP contribution is 2.14. The minimum absolute atomic E-state index is 0.870. The predicted octanol–water partition coefficient (Wildman–Crippen LogP) is 3.37. The average Bonchev–Trinajstić information content (AvgIpc) is 2.69. The Balaban J connectivity index is 2.05. The summed E-state index contributed by atoms with van der Waals surface area (Å²) in [6.45, 7) is 4.91. The molecule has 2 aromatic heterocycles. The summed E-state index contributed by atoms with van der Waals surface area (Å²) in [4.78, 5) is 4.41. The van der Waals surface area contributed by atoms with Gasteiger partial charge in [0.2, 0.25) is 0 Å². The predicted molar refractivity (Wildman–Crippen MR) is 65.4 cm³/mol. The summed E-state index contributed by atoms with van der Waals surface area (Å²) in [6, 6.07) is 6.25. The van der Waals surface area contributed by atoms with Crippen LogP contribution in [0.25, 0.3) is 0 Å². The van der Waals surface area contributed by atoms with Gasteiger partial charge in [-0.2, -0.15) is 11.3 Å². The molecule has 2 nitrogen and oxygen atoms in total. The first-order valence-corrected chi connectivity index (χ1v) is 5.89. The number of thiophene rings is 1. The summed E-state index contributed by atoms with van der Waals surface area (Å²) in [5.41, 5.74) is 4.56. The molecular formula is C12H14N2S. The molecule has 2 rings (SSSR count). The molecule has 0 saturated heterocycles. The third-order valence-electron chi connectivity index (χ3n) is 2.29. The van der Waals surface area contributed by atoms with Gasteiger partial charge in [-0.05, 0) is 48.4 Å². The summed E-state index contributed by atoms with van der Waals surface area (Å²) in [6.07, 6.45) is 0. The van der Waals surface area contributed by atoms with Crippen LogP contribution < -0.4 is 5.32 Å². The fourth-order valence-electron chi connectivity index (χ4n) is 1.46. The molecule has 2 heterocycles. The molecule has 0 aliphatic carbocycles. The largest absolute Gasteiger partial charge is 0.379 e. The van der Waals surface area contributed by atoms with Crippen molar-refractivity contribution in [2.75, 3.05) is 5.32 Å². The quantitative estimate of drug-likeness (QED) is 0.854. The zero-order valence-electron chi connectivity index (χ0n) is 8.95. The van der Waals surface area contributed by atoms with Gasteiger partial charge in [-0.3, -0.25) is 4.98 Å². The molecular weight excluding hydrogens is 204 g/mol. The van der Waals surface area contributed by atoms with Crippen molar-refractivity contribution in [3.63, 3.8) is 0 Å². The monoisotopic (exact) mass is 218 g/mol. The number of hydrogen-bond acceptors (Lipinski definition) is 3. The molecule has 0 atom stereocenters. The molecule has 0 fully saturated rings. The standard InChI is InChI=1S/C12H14N2S/c1-9-3-4-12(10(2)14-9)13-7-11-5-6-15-8-11/h3-6,8,13H,7H2,1-2H3. The van der Waals surface area contributed by atoms with E-state index in [0.29, 0.717) is 0 Å². The highest BCUT2D eigenvalue weighted by atomic mass is 32.1. The average molecular weight is 218 g/mol. The number of pyridine rings is 1. The van der Waals surface area contributed by atoms with Gasteiger partial charge in [-0.1, -0.05) is 0 Å². The van der Waals surface area contributed by atoms with Gasteiger partial charge >= 0.3 is 0 Å². The summed E-state index contributed by atoms with van der Waals surface area (Å²) in [5.74, 6) is 0. The van der Waals surface area contributed by atoms with Crippen molar-refractivity contribution in [3.8, 4) is 0 Å². The van der Waals surface area contributed by atoms with Crippen molar-refractivity contribution >= 4 is 17.0 Å². The number of nitrogens with one attached hydrogen (secondary N) is 1. The van der Waals surface area contributed by atoms with Crippen LogP contribution in [0.2, 0.25) is 0 Å². The van der Waals surface area contributed by atoms with Gasteiger partial charge in [0, 0.05) is 12.2 Å². The van der Waals surface area contributed by atoms with E-state index in [0.717, 1.165) is 23.6 Å². The van der Waals surface area contributed by atoms with Gasteiger partial charge in [-0.15, -0.1) is 0 Å². The Kier molecular flexibility index (Phi) is 3.02. The van der Waals surface area contributed by atoms with Crippen molar-refractivity contribution in [1.82, 2.24) is 4.98 Å². The summed E-state index contributed by atoms with van der Waals surface area (Å²) in [7, 11) is 0. The minimum atomic E-state index is 0.870. The van der Waals surface area contributed by atoms with E-state index in [-0.39, 0.29) is 0 Å². The van der Waals surface area contributed by atoms with E-state index in [4.69, 9.17) is 0 Å². The Morgan fingerprint density at radius 2 is 2.13 bits per heavy atom. The van der Waals surface area contributed by atoms with Crippen molar-refractivity contribution in [2.45, 2.75) is 20.4 Å². The summed E-state index contributed by atoms with van der Waals surface area (Å²) >= 11 is 1.73. The van der Waals surface area contributed by atoms with E-state index in [1.165, 1.54) is 5.56 Å². The second kappa shape index (κ2) is 4.45. The molecule has 2 aromatic rings. The molecule has 0 aliphatic heterocycles. The maximum absolute atomic E-state index is 4.41. The topological polar surface area (TPSA) is 24.9 Å². The van der Waals surface area contributed by atoms with Crippen LogP contribution in [-0.2, 0) is 6.54 Å². The minimum Gasteiger partial charge on any atom is -0.379 e. The van der Waals surface area contributed by atoms with E-state index < -0.39 is 0 Å². The molecule has 0 radical (unpaired) electrons. The van der Waals surface area contributed by atoms with Crippen LogP contribution in [0.3, 0.4) is 0 Å². The normalized spacial score (nSPS) is 10.3. The van der Waals surface area contributed by atoms with Crippen LogP contribution in [0.4, 0.5) is 5.69 Å². The number of aryl methyl sites for hydroxylation is 2. The van der Waals surface area contributed by atoms with Crippen LogP contribution in [0.5, 0.6) is 0 Å². The first-order valence-electron chi connectivity index (χ1n) is 4.95. The van der Waals surface area contributed by atoms with Crippen molar-refractivity contribution in [2.24, 2.45) is 0 Å². The molecule has 0 bridgehead atoms. The number of anilines is 1. The molecule has 0 unspecified atom stereocenters. The van der Waals surface area contributed by atoms with Crippen molar-refractivity contribution in [1.29, 1.82) is 0 Å². The molecule has 0 amide bonds. The van der Waals surface area contributed by atoms with Crippen LogP contribution in [0.1, 0.15) is 17.0 Å². The lowest BCUT2D eigenvalue weighted by atomic mass is 10.2. The van der Waals surface area contributed by atoms with E-state index in [1.54, 1.807) is 11.3 Å². The second-order valence-electron chi connectivity index (χ2n) is 3.57. The van der Waals surface area contributed by atoms with Gasteiger partial charge in [0.05, 0.1) is 11.4 Å². The molecule has 78 valence electrons. The van der Waals surface area contributed by atoms with E-state index in [9.17, 15) is 0 Å². The fraction of sp³-hybridized carbons (Fsp3) is 0.250. The Labute approximate surface area is 94.0 Å². The molecule has 0 spiro atoms. The lowest BCUT2D eigenvalue weighted by Gasteiger charge is -2.08. The van der Waals surface area contributed by atoms with E-state index in [2.05, 4.69) is 33.2 Å². The Morgan fingerprint density at radius 3 is 2.80 bits per heavy atom. The second-order valence-corrected chi connectivity index (χ2v) is 4.35. The lowest BCUT2D eigenvalue weighted by Crippen LogP contribution is -2.01. The maximum atomic E-state index is 4.41. The Bertz CT molecular complexity index is 435. The smallest absolute Gasteiger partial charge is 0.0606 e. The molecule has 0 aliphatic rings. The van der Waals surface area contributed by atoms with Gasteiger partial charge in [0.1, 0.15) is 0 Å². The van der Waals surface area contributed by atoms with Crippen molar-refractivity contribution < 1.29 is 0 Å². The third-order valence-corrected chi connectivity index (χ3v) is 3.02. The highest BCUT2D eigenvalue weighted by Gasteiger charge is 1.99. The zero-order chi connectivity index (χ0) is 10.7. The number of nitrogens with zero attached hydrogens (tertiary/aromatic N) is 1. The molecule has 3 heteroatoms. The SMILES string of the molecule is Cc1ccc(NCc2ccsc2)c(C)n1. The first-order chi connectivity index (χ1) is 7.25. The number of rotatable bonds is 3. The maximum Gasteiger partial charge on any atom is 0.0606 e. The van der Waals surface area contributed by atoms with Crippen molar-refractivity contribution in [3.05, 3.63) is 45.9 Å². The van der Waals surface area contributed by atoms with Crippen LogP contribution >= 0.6 is 11.3 Å². The molecule has 0 saturated carbocycles. The molecule has 15 heavy (non-hydrogen) atoms. The first kappa shape index (κ1) is 10.2. The van der Waals surface area contributed by atoms with E-state index in [1.807, 2.05) is 19.9 Å². The third kappa shape index (κ3) is 2.57. The van der Waals surface area contributed by atoms with Gasteiger partial charge in [0.15, 0.2) is 0 Å². The highest BCUT2D eigenvalue weighted by molar-refractivity contribution is 7.07. The lowest BCUT2D eigenvalue weighted by molar-refractivity contribution is 1.08. The van der Waals surface area contributed by atoms with Gasteiger partial charge in [0.25, 0.3) is 0 Å². The summed E-state index contributed by atoms with van der Waals surface area (Å²) < 4.78 is 0. The number of hydrogen-bond donors (Lipinski definition) is 1. The van der Waals surface area contributed by atoms with Gasteiger partial charge < -0.3 is 5.32 Å². The van der Waals surface area contributed by atoms with Crippen LogP contribution in [0.15, 0.2) is 29.0 Å². The number of aromatic nitrogens is 1. The van der Waals surface area contributed by atoms with E-state index >= 15 is 0 Å². The zero-order valence-corrected chi connectivity index (χ0v) is 9.77. The Morgan fingerprint density at radius 1 is 1.27 bits per heavy atom. The fourth-order valence-corrected chi connectivity index (χ4v) is 2.13. The Hall–Kier alpha value is -1.35. The van der Waals surface area contributed by atoms with Gasteiger partial charge in [-0.25, -0.2) is 0 Å².